The first kappa shape index (κ1) is 16.1. The Morgan fingerprint density at radius 2 is 1.82 bits per heavy atom. The van der Waals surface area contributed by atoms with Crippen molar-refractivity contribution in [3.8, 4) is 0 Å². The van der Waals surface area contributed by atoms with Crippen LogP contribution in [0.3, 0.4) is 0 Å². The Morgan fingerprint density at radius 3 is 2.18 bits per heavy atom. The molecule has 0 aliphatic heterocycles. The number of aliphatic hydroxyl groups is 4. The van der Waals surface area contributed by atoms with E-state index in [1.54, 1.807) is 6.92 Å². The van der Waals surface area contributed by atoms with Crippen LogP contribution in [0.2, 0.25) is 0 Å². The average molecular weight is 248 g/mol. The number of hydrogen-bond donors (Lipinski definition) is 4. The Balaban J connectivity index is 5.08. The summed E-state index contributed by atoms with van der Waals surface area (Å²) in [6, 6.07) is 0. The van der Waals surface area contributed by atoms with E-state index in [1.165, 1.54) is 13.0 Å². The summed E-state index contributed by atoms with van der Waals surface area (Å²) in [7, 11) is 0. The smallest absolute Gasteiger partial charge is 0.335 e. The second-order valence-corrected chi connectivity index (χ2v) is 4.02. The van der Waals surface area contributed by atoms with Gasteiger partial charge in [-0.1, -0.05) is 13.0 Å². The van der Waals surface area contributed by atoms with Crippen LogP contribution in [0.4, 0.5) is 0 Å². The molecule has 0 aliphatic rings. The zero-order chi connectivity index (χ0) is 13.5. The fraction of sp³-hybridized carbons (Fsp3) is 0.727. The van der Waals surface area contributed by atoms with Crippen molar-refractivity contribution in [3.63, 3.8) is 0 Å². The molecule has 0 radical (unpaired) electrons. The van der Waals surface area contributed by atoms with E-state index >= 15 is 0 Å². The predicted molar refractivity (Wildman–Crippen MR) is 59.8 cm³/mol. The summed E-state index contributed by atoms with van der Waals surface area (Å²) in [5.74, 6) is -1.15. The number of rotatable bonds is 7. The molecule has 1 atom stereocenters. The lowest BCUT2D eigenvalue weighted by Gasteiger charge is -2.32. The van der Waals surface area contributed by atoms with Gasteiger partial charge in [-0.05, 0) is 12.8 Å². The zero-order valence-electron chi connectivity index (χ0n) is 10.1. The highest BCUT2D eigenvalue weighted by Crippen LogP contribution is 2.29. The van der Waals surface area contributed by atoms with Gasteiger partial charge in [0.2, 0.25) is 0 Å². The first-order valence-corrected chi connectivity index (χ1v) is 5.27. The van der Waals surface area contributed by atoms with Gasteiger partial charge in [0, 0.05) is 17.6 Å². The minimum Gasteiger partial charge on any atom is -0.435 e. The zero-order valence-corrected chi connectivity index (χ0v) is 10.1. The maximum absolute atomic E-state index is 11.3. The molecule has 0 heterocycles. The number of ether oxygens (including phenoxy) is 1. The molecule has 6 nitrogen and oxygen atoms in total. The van der Waals surface area contributed by atoms with Crippen molar-refractivity contribution in [2.45, 2.75) is 13.8 Å². The van der Waals surface area contributed by atoms with Gasteiger partial charge in [-0.3, -0.25) is 0 Å². The molecule has 6 heteroatoms. The summed E-state index contributed by atoms with van der Waals surface area (Å²) in [4.78, 5) is 11.3. The Morgan fingerprint density at radius 1 is 1.29 bits per heavy atom. The lowest BCUT2D eigenvalue weighted by Crippen LogP contribution is -2.37. The summed E-state index contributed by atoms with van der Waals surface area (Å²) >= 11 is 0. The highest BCUT2D eigenvalue weighted by atomic mass is 16.6. The SMILES string of the molecule is CC(=CC(CO)(CO)C(C)CO)C(=O)OCO. The Kier molecular flexibility index (Phi) is 6.98. The van der Waals surface area contributed by atoms with Crippen molar-refractivity contribution in [3.05, 3.63) is 11.6 Å². The van der Waals surface area contributed by atoms with Gasteiger partial charge in [0.05, 0.1) is 13.2 Å². The van der Waals surface area contributed by atoms with Gasteiger partial charge in [-0.15, -0.1) is 0 Å². The van der Waals surface area contributed by atoms with E-state index in [0.29, 0.717) is 0 Å². The fourth-order valence-corrected chi connectivity index (χ4v) is 1.44. The lowest BCUT2D eigenvalue weighted by molar-refractivity contribution is -0.147. The Labute approximate surface area is 100 Å². The normalized spacial score (nSPS) is 14.6. The minimum atomic E-state index is -1.09. The van der Waals surface area contributed by atoms with E-state index in [-0.39, 0.29) is 12.2 Å². The highest BCUT2D eigenvalue weighted by molar-refractivity contribution is 5.87. The maximum atomic E-state index is 11.3. The van der Waals surface area contributed by atoms with Crippen molar-refractivity contribution in [1.82, 2.24) is 0 Å². The molecular weight excluding hydrogens is 228 g/mol. The standard InChI is InChI=1S/C11H20O6/c1-8(10(16)17-7-15)3-11(5-13,6-14)9(2)4-12/h3,9,12-15H,4-7H2,1-2H3. The number of aliphatic hydroxyl groups excluding tert-OH is 4. The molecule has 0 aromatic heterocycles. The van der Waals surface area contributed by atoms with E-state index in [9.17, 15) is 15.0 Å². The molecule has 0 aliphatic carbocycles. The van der Waals surface area contributed by atoms with Crippen molar-refractivity contribution < 1.29 is 30.0 Å². The highest BCUT2D eigenvalue weighted by Gasteiger charge is 2.33. The third-order valence-electron chi connectivity index (χ3n) is 2.87. The minimum absolute atomic E-state index is 0.155. The van der Waals surface area contributed by atoms with Gasteiger partial charge in [0.15, 0.2) is 6.79 Å². The molecule has 0 amide bonds. The molecule has 0 aromatic carbocycles. The van der Waals surface area contributed by atoms with Crippen molar-refractivity contribution in [2.24, 2.45) is 11.3 Å². The summed E-state index contributed by atoms with van der Waals surface area (Å²) < 4.78 is 4.37. The van der Waals surface area contributed by atoms with E-state index in [2.05, 4.69) is 4.74 Å². The third kappa shape index (κ3) is 4.08. The lowest BCUT2D eigenvalue weighted by atomic mass is 9.76. The van der Waals surface area contributed by atoms with Crippen LogP contribution in [0.25, 0.3) is 0 Å². The first-order chi connectivity index (χ1) is 7.97. The molecule has 0 bridgehead atoms. The molecule has 0 saturated carbocycles. The van der Waals surface area contributed by atoms with Crippen LogP contribution in [-0.2, 0) is 9.53 Å². The van der Waals surface area contributed by atoms with Crippen LogP contribution >= 0.6 is 0 Å². The number of hydrogen-bond acceptors (Lipinski definition) is 6. The van der Waals surface area contributed by atoms with Crippen LogP contribution in [-0.4, -0.2) is 53.0 Å². The Hall–Kier alpha value is -0.950. The number of carbonyl (C=O) groups excluding carboxylic acids is 1. The van der Waals surface area contributed by atoms with Gasteiger partial charge in [-0.25, -0.2) is 4.79 Å². The molecule has 0 rings (SSSR count). The molecule has 17 heavy (non-hydrogen) atoms. The van der Waals surface area contributed by atoms with Crippen LogP contribution < -0.4 is 0 Å². The second-order valence-electron chi connectivity index (χ2n) is 4.02. The van der Waals surface area contributed by atoms with E-state index in [4.69, 9.17) is 10.2 Å². The van der Waals surface area contributed by atoms with Gasteiger partial charge >= 0.3 is 5.97 Å². The summed E-state index contributed by atoms with van der Waals surface area (Å²) in [6.07, 6.45) is 1.37. The molecular formula is C11H20O6. The largest absolute Gasteiger partial charge is 0.435 e. The second kappa shape index (κ2) is 7.39. The van der Waals surface area contributed by atoms with E-state index < -0.39 is 37.3 Å². The molecule has 100 valence electrons. The van der Waals surface area contributed by atoms with Gasteiger partial charge in [0.1, 0.15) is 0 Å². The fourth-order valence-electron chi connectivity index (χ4n) is 1.44. The van der Waals surface area contributed by atoms with Crippen LogP contribution in [0.5, 0.6) is 0 Å². The van der Waals surface area contributed by atoms with Crippen LogP contribution in [0.15, 0.2) is 11.6 Å². The molecule has 0 aromatic rings. The topological polar surface area (TPSA) is 107 Å². The average Bonchev–Trinajstić information content (AvgIpc) is 2.35. The summed E-state index contributed by atoms with van der Waals surface area (Å²) in [5, 5.41) is 36.2. The van der Waals surface area contributed by atoms with Gasteiger partial charge < -0.3 is 25.2 Å². The molecule has 0 fully saturated rings. The van der Waals surface area contributed by atoms with Crippen molar-refractivity contribution >= 4 is 5.97 Å². The van der Waals surface area contributed by atoms with E-state index in [0.717, 1.165) is 0 Å². The van der Waals surface area contributed by atoms with Crippen LogP contribution in [0.1, 0.15) is 13.8 Å². The molecule has 4 N–H and O–H groups in total. The Bertz CT molecular complexity index is 269. The van der Waals surface area contributed by atoms with Crippen molar-refractivity contribution in [1.29, 1.82) is 0 Å². The van der Waals surface area contributed by atoms with Gasteiger partial charge in [-0.2, -0.15) is 0 Å². The summed E-state index contributed by atoms with van der Waals surface area (Å²) in [6.45, 7) is 1.31. The monoisotopic (exact) mass is 248 g/mol. The first-order valence-electron chi connectivity index (χ1n) is 5.27. The summed E-state index contributed by atoms with van der Waals surface area (Å²) in [5.41, 5.74) is -0.935. The predicted octanol–water partition coefficient (Wildman–Crippen LogP) is -0.975. The van der Waals surface area contributed by atoms with Gasteiger partial charge in [0.25, 0.3) is 0 Å². The maximum Gasteiger partial charge on any atom is 0.335 e. The third-order valence-corrected chi connectivity index (χ3v) is 2.87. The van der Waals surface area contributed by atoms with Crippen LogP contribution in [0, 0.1) is 11.3 Å². The molecule has 0 saturated heterocycles. The van der Waals surface area contributed by atoms with Crippen molar-refractivity contribution in [2.75, 3.05) is 26.6 Å². The molecule has 1 unspecified atom stereocenters. The molecule has 0 spiro atoms. The van der Waals surface area contributed by atoms with E-state index in [1.807, 2.05) is 0 Å². The number of esters is 1. The quantitative estimate of drug-likeness (QED) is 0.262. The number of carbonyl (C=O) groups is 1.